The Kier molecular flexibility index (Phi) is 12.7. The molecule has 15 heavy (non-hydrogen) atoms. The molecule has 86 valence electrons. The van der Waals surface area contributed by atoms with Crippen molar-refractivity contribution in [2.45, 2.75) is 27.7 Å². The van der Waals surface area contributed by atoms with E-state index in [1.807, 2.05) is 20.8 Å². The third-order valence-corrected chi connectivity index (χ3v) is 2.19. The van der Waals surface area contributed by atoms with Gasteiger partial charge < -0.3 is 0 Å². The monoisotopic (exact) mass is 228 g/mol. The van der Waals surface area contributed by atoms with Gasteiger partial charge in [0, 0.05) is 0 Å². The lowest BCUT2D eigenvalue weighted by molar-refractivity contribution is 0.636. The van der Waals surface area contributed by atoms with Crippen LogP contribution in [0, 0.1) is 6.92 Å². The minimum absolute atomic E-state index is 0.500. The molecule has 0 nitrogen and oxygen atoms in total. The van der Waals surface area contributed by atoms with Gasteiger partial charge >= 0.3 is 0 Å². The summed E-state index contributed by atoms with van der Waals surface area (Å²) >= 11 is 0. The SMILES string of the molecule is C/C=C\c1c(C)cccc1P.CC.CF. The minimum Gasteiger partial charge on any atom is -0.255 e. The van der Waals surface area contributed by atoms with Crippen LogP contribution in [0.25, 0.3) is 6.08 Å². The van der Waals surface area contributed by atoms with Crippen molar-refractivity contribution >= 4 is 20.6 Å². The van der Waals surface area contributed by atoms with Crippen molar-refractivity contribution in [2.24, 2.45) is 0 Å². The molecule has 0 N–H and O–H groups in total. The average molecular weight is 228 g/mol. The molecule has 0 bridgehead atoms. The van der Waals surface area contributed by atoms with Crippen molar-refractivity contribution in [1.82, 2.24) is 0 Å². The summed E-state index contributed by atoms with van der Waals surface area (Å²) in [5.74, 6) is 0. The van der Waals surface area contributed by atoms with Gasteiger partial charge in [-0.1, -0.05) is 44.2 Å². The van der Waals surface area contributed by atoms with Gasteiger partial charge in [0.25, 0.3) is 0 Å². The van der Waals surface area contributed by atoms with Crippen LogP contribution in [0.5, 0.6) is 0 Å². The fourth-order valence-corrected chi connectivity index (χ4v) is 1.53. The Morgan fingerprint density at radius 1 is 1.20 bits per heavy atom. The molecule has 0 spiro atoms. The number of hydrogen-bond acceptors (Lipinski definition) is 0. The first-order valence-electron chi connectivity index (χ1n) is 5.11. The van der Waals surface area contributed by atoms with Crippen molar-refractivity contribution in [1.29, 1.82) is 0 Å². The topological polar surface area (TPSA) is 0 Å². The molecule has 1 atom stereocenters. The molecule has 1 aromatic rings. The molecule has 0 saturated carbocycles. The Hall–Kier alpha value is -0.680. The number of alkyl halides is 1. The van der Waals surface area contributed by atoms with Gasteiger partial charge in [0.05, 0.1) is 7.18 Å². The summed E-state index contributed by atoms with van der Waals surface area (Å²) in [5, 5.41) is 1.27. The number of aryl methyl sites for hydroxylation is 1. The lowest BCUT2D eigenvalue weighted by atomic mass is 10.1. The molecule has 0 saturated heterocycles. The maximum Gasteiger partial charge on any atom is 0.0785 e. The molecule has 0 radical (unpaired) electrons. The molecule has 1 rings (SSSR count). The van der Waals surface area contributed by atoms with Gasteiger partial charge in [-0.2, -0.15) is 0 Å². The third-order valence-electron chi connectivity index (χ3n) is 1.69. The molecule has 2 heteroatoms. The van der Waals surface area contributed by atoms with Crippen LogP contribution in [0.4, 0.5) is 4.39 Å². The second kappa shape index (κ2) is 11.4. The molecule has 0 heterocycles. The normalized spacial score (nSPS) is 8.73. The van der Waals surface area contributed by atoms with Crippen LogP contribution >= 0.6 is 9.24 Å². The van der Waals surface area contributed by atoms with Crippen LogP contribution in [0.2, 0.25) is 0 Å². The van der Waals surface area contributed by atoms with E-state index in [9.17, 15) is 4.39 Å². The highest BCUT2D eigenvalue weighted by Crippen LogP contribution is 2.09. The van der Waals surface area contributed by atoms with Crippen LogP contribution < -0.4 is 5.30 Å². The van der Waals surface area contributed by atoms with E-state index in [1.54, 1.807) is 0 Å². The van der Waals surface area contributed by atoms with E-state index in [4.69, 9.17) is 0 Å². The lowest BCUT2D eigenvalue weighted by Gasteiger charge is -2.02. The van der Waals surface area contributed by atoms with Crippen LogP contribution in [0.15, 0.2) is 24.3 Å². The maximum atomic E-state index is 9.50. The van der Waals surface area contributed by atoms with E-state index in [0.29, 0.717) is 7.18 Å². The molecule has 0 aromatic heterocycles. The largest absolute Gasteiger partial charge is 0.255 e. The van der Waals surface area contributed by atoms with Gasteiger partial charge in [0.1, 0.15) is 0 Å². The zero-order valence-corrected chi connectivity index (χ0v) is 11.5. The first-order chi connectivity index (χ1) is 7.25. The highest BCUT2D eigenvalue weighted by molar-refractivity contribution is 7.27. The Morgan fingerprint density at radius 3 is 2.13 bits per heavy atom. The smallest absolute Gasteiger partial charge is 0.0785 e. The van der Waals surface area contributed by atoms with Crippen LogP contribution in [0.3, 0.4) is 0 Å². The summed E-state index contributed by atoms with van der Waals surface area (Å²) in [6.45, 7) is 8.17. The number of halogens is 1. The van der Waals surface area contributed by atoms with Crippen LogP contribution in [-0.4, -0.2) is 7.18 Å². The highest BCUT2D eigenvalue weighted by atomic mass is 31.0. The van der Waals surface area contributed by atoms with Gasteiger partial charge in [-0.05, 0) is 30.3 Å². The van der Waals surface area contributed by atoms with E-state index >= 15 is 0 Å². The van der Waals surface area contributed by atoms with E-state index < -0.39 is 0 Å². The summed E-state index contributed by atoms with van der Waals surface area (Å²) in [5.41, 5.74) is 2.65. The second-order valence-corrected chi connectivity index (χ2v) is 3.20. The molecule has 1 aromatic carbocycles. The molecule has 0 aliphatic rings. The zero-order chi connectivity index (χ0) is 12.3. The maximum absolute atomic E-state index is 9.50. The van der Waals surface area contributed by atoms with Crippen molar-refractivity contribution in [2.75, 3.05) is 7.18 Å². The molecule has 0 aliphatic carbocycles. The Balaban J connectivity index is 0. The van der Waals surface area contributed by atoms with Gasteiger partial charge in [0.15, 0.2) is 0 Å². The quantitative estimate of drug-likeness (QED) is 0.634. The van der Waals surface area contributed by atoms with Gasteiger partial charge in [-0.15, -0.1) is 9.24 Å². The van der Waals surface area contributed by atoms with Crippen LogP contribution in [-0.2, 0) is 0 Å². The summed E-state index contributed by atoms with van der Waals surface area (Å²) < 4.78 is 9.50. The summed E-state index contributed by atoms with van der Waals surface area (Å²) in [6.07, 6.45) is 4.20. The van der Waals surface area contributed by atoms with E-state index in [-0.39, 0.29) is 0 Å². The van der Waals surface area contributed by atoms with E-state index in [2.05, 4.69) is 46.5 Å². The number of benzene rings is 1. The first kappa shape index (κ1) is 16.7. The molecule has 1 unspecified atom stereocenters. The lowest BCUT2D eigenvalue weighted by Crippen LogP contribution is -1.97. The average Bonchev–Trinajstić information content (AvgIpc) is 2.29. The third kappa shape index (κ3) is 6.41. The number of allylic oxidation sites excluding steroid dienone is 1. The number of rotatable bonds is 1. The fourth-order valence-electron chi connectivity index (χ4n) is 1.10. The molecule has 0 aliphatic heterocycles. The summed E-state index contributed by atoms with van der Waals surface area (Å²) in [4.78, 5) is 0. The van der Waals surface area contributed by atoms with Crippen molar-refractivity contribution < 1.29 is 4.39 Å². The van der Waals surface area contributed by atoms with Crippen molar-refractivity contribution in [3.63, 3.8) is 0 Å². The molecule has 0 amide bonds. The Bertz CT molecular complexity index is 260. The summed E-state index contributed by atoms with van der Waals surface area (Å²) in [6, 6.07) is 6.31. The minimum atomic E-state index is 0.500. The van der Waals surface area contributed by atoms with E-state index in [0.717, 1.165) is 0 Å². The zero-order valence-electron chi connectivity index (χ0n) is 10.3. The van der Waals surface area contributed by atoms with Gasteiger partial charge in [0.2, 0.25) is 0 Å². The van der Waals surface area contributed by atoms with Crippen molar-refractivity contribution in [3.8, 4) is 0 Å². The first-order valence-corrected chi connectivity index (χ1v) is 5.69. The Labute approximate surface area is 95.8 Å². The standard InChI is InChI=1S/C10H13P.C2H6.CH3F/c1-3-5-9-8(2)6-4-7-10(9)11;2*1-2/h3-7H,11H2,1-2H3;1-2H3;1H3/b5-3-;;. The predicted octanol–water partition coefficient (Wildman–Crippen LogP) is 4.14. The van der Waals surface area contributed by atoms with E-state index in [1.165, 1.54) is 16.4 Å². The summed E-state index contributed by atoms with van der Waals surface area (Å²) in [7, 11) is 3.24. The van der Waals surface area contributed by atoms with Crippen molar-refractivity contribution in [3.05, 3.63) is 35.4 Å². The van der Waals surface area contributed by atoms with Gasteiger partial charge in [-0.25, -0.2) is 0 Å². The highest BCUT2D eigenvalue weighted by Gasteiger charge is 1.95. The van der Waals surface area contributed by atoms with Crippen LogP contribution in [0.1, 0.15) is 31.9 Å². The fraction of sp³-hybridized carbons (Fsp3) is 0.385. The Morgan fingerprint density at radius 2 is 1.73 bits per heavy atom. The molecular formula is C13H22FP. The predicted molar refractivity (Wildman–Crippen MR) is 73.6 cm³/mol. The second-order valence-electron chi connectivity index (χ2n) is 2.58. The molecular weight excluding hydrogens is 206 g/mol. The molecule has 0 fully saturated rings. The number of hydrogen-bond donors (Lipinski definition) is 0. The van der Waals surface area contributed by atoms with Gasteiger partial charge in [-0.3, -0.25) is 4.39 Å².